The highest BCUT2D eigenvalue weighted by Gasteiger charge is 2.40. The summed E-state index contributed by atoms with van der Waals surface area (Å²) in [5.41, 5.74) is 8.70. The molecule has 0 spiro atoms. The quantitative estimate of drug-likeness (QED) is 0.544. The Kier molecular flexibility index (Phi) is 5.62. The Labute approximate surface area is 180 Å². The molecule has 4 rings (SSSR count). The van der Waals surface area contributed by atoms with Gasteiger partial charge in [-0.15, -0.1) is 10.2 Å². The minimum atomic E-state index is -0.451. The normalized spacial score (nSPS) is 14.4. The fourth-order valence-electron chi connectivity index (χ4n) is 3.81. The predicted octanol–water partition coefficient (Wildman–Crippen LogP) is 2.53. The SMILES string of the molecule is CNC(=O)c1cccc(-c2ccc(NCC3(c4cc(C(N)=O)ccn4)CCC3)nn2)c1. The zero-order valence-electron chi connectivity index (χ0n) is 17.3. The number of nitrogens with one attached hydrogen (secondary N) is 2. The molecule has 1 saturated carbocycles. The molecule has 0 unspecified atom stereocenters. The van der Waals surface area contributed by atoms with Gasteiger partial charge in [0.15, 0.2) is 0 Å². The molecule has 2 amide bonds. The summed E-state index contributed by atoms with van der Waals surface area (Å²) in [6, 6.07) is 14.4. The van der Waals surface area contributed by atoms with Gasteiger partial charge in [0, 0.05) is 47.6 Å². The zero-order chi connectivity index (χ0) is 21.8. The standard InChI is InChI=1S/C23H24N6O2/c1-25-22(31)17-5-2-4-15(12-17)18-6-7-20(29-28-18)27-14-23(9-3-10-23)19-13-16(21(24)30)8-11-26-19/h2,4-8,11-13H,3,9-10,14H2,1H3,(H2,24,30)(H,25,31)(H,27,29). The van der Waals surface area contributed by atoms with Crippen molar-refractivity contribution in [1.82, 2.24) is 20.5 Å². The van der Waals surface area contributed by atoms with Crippen molar-refractivity contribution in [3.05, 3.63) is 71.5 Å². The van der Waals surface area contributed by atoms with Gasteiger partial charge in [0.2, 0.25) is 5.91 Å². The fraction of sp³-hybridized carbons (Fsp3) is 0.261. The van der Waals surface area contributed by atoms with E-state index in [2.05, 4.69) is 25.8 Å². The van der Waals surface area contributed by atoms with Crippen LogP contribution >= 0.6 is 0 Å². The van der Waals surface area contributed by atoms with E-state index in [1.807, 2.05) is 24.3 Å². The summed E-state index contributed by atoms with van der Waals surface area (Å²) < 4.78 is 0. The molecule has 2 aromatic heterocycles. The van der Waals surface area contributed by atoms with E-state index in [0.717, 1.165) is 30.5 Å². The van der Waals surface area contributed by atoms with E-state index >= 15 is 0 Å². The van der Waals surface area contributed by atoms with E-state index in [-0.39, 0.29) is 11.3 Å². The minimum absolute atomic E-state index is 0.145. The van der Waals surface area contributed by atoms with Crippen molar-refractivity contribution < 1.29 is 9.59 Å². The number of hydrogen-bond donors (Lipinski definition) is 3. The van der Waals surface area contributed by atoms with Crippen LogP contribution in [0.5, 0.6) is 0 Å². The van der Waals surface area contributed by atoms with Crippen LogP contribution in [-0.4, -0.2) is 40.6 Å². The Balaban J connectivity index is 1.48. The predicted molar refractivity (Wildman–Crippen MR) is 118 cm³/mol. The van der Waals surface area contributed by atoms with Crippen LogP contribution in [0.3, 0.4) is 0 Å². The molecule has 3 aromatic rings. The maximum absolute atomic E-state index is 11.9. The summed E-state index contributed by atoms with van der Waals surface area (Å²) in [6.07, 6.45) is 4.70. The second kappa shape index (κ2) is 8.51. The van der Waals surface area contributed by atoms with Crippen molar-refractivity contribution in [1.29, 1.82) is 0 Å². The van der Waals surface area contributed by atoms with Gasteiger partial charge >= 0.3 is 0 Å². The summed E-state index contributed by atoms with van der Waals surface area (Å²) >= 11 is 0. The second-order valence-electron chi connectivity index (χ2n) is 7.75. The Morgan fingerprint density at radius 1 is 1.06 bits per heavy atom. The molecule has 8 nitrogen and oxygen atoms in total. The van der Waals surface area contributed by atoms with Gasteiger partial charge in [0.05, 0.1) is 5.69 Å². The number of amides is 2. The van der Waals surface area contributed by atoms with Gasteiger partial charge in [-0.2, -0.15) is 0 Å². The number of carbonyl (C=O) groups excluding carboxylic acids is 2. The number of anilines is 1. The molecule has 1 fully saturated rings. The van der Waals surface area contributed by atoms with Crippen molar-refractivity contribution >= 4 is 17.6 Å². The highest BCUT2D eigenvalue weighted by atomic mass is 16.1. The zero-order valence-corrected chi connectivity index (χ0v) is 17.3. The van der Waals surface area contributed by atoms with Gasteiger partial charge in [-0.05, 0) is 49.2 Å². The van der Waals surface area contributed by atoms with Crippen LogP contribution < -0.4 is 16.4 Å². The largest absolute Gasteiger partial charge is 0.368 e. The first-order chi connectivity index (χ1) is 15.0. The number of carbonyl (C=O) groups is 2. The van der Waals surface area contributed by atoms with Crippen LogP contribution in [-0.2, 0) is 5.41 Å². The first kappa shape index (κ1) is 20.5. The number of nitrogens with zero attached hydrogens (tertiary/aromatic N) is 3. The van der Waals surface area contributed by atoms with Crippen molar-refractivity contribution in [2.75, 3.05) is 18.9 Å². The molecule has 1 aliphatic carbocycles. The first-order valence-corrected chi connectivity index (χ1v) is 10.2. The third kappa shape index (κ3) is 4.23. The van der Waals surface area contributed by atoms with Crippen molar-refractivity contribution in [3.8, 4) is 11.3 Å². The van der Waals surface area contributed by atoms with Crippen molar-refractivity contribution in [2.24, 2.45) is 5.73 Å². The van der Waals surface area contributed by atoms with E-state index in [1.165, 1.54) is 0 Å². The highest BCUT2D eigenvalue weighted by molar-refractivity contribution is 5.95. The van der Waals surface area contributed by atoms with Gasteiger partial charge in [0.1, 0.15) is 5.82 Å². The summed E-state index contributed by atoms with van der Waals surface area (Å²) in [5, 5.41) is 14.6. The van der Waals surface area contributed by atoms with Crippen LogP contribution in [0.15, 0.2) is 54.7 Å². The molecule has 0 bridgehead atoms. The Hall–Kier alpha value is -3.81. The monoisotopic (exact) mass is 416 g/mol. The van der Waals surface area contributed by atoms with Crippen LogP contribution in [0.4, 0.5) is 5.82 Å². The van der Waals surface area contributed by atoms with Gasteiger partial charge in [-0.1, -0.05) is 18.6 Å². The van der Waals surface area contributed by atoms with E-state index in [4.69, 9.17) is 5.73 Å². The number of nitrogens with two attached hydrogens (primary N) is 1. The van der Waals surface area contributed by atoms with E-state index in [0.29, 0.717) is 29.2 Å². The third-order valence-electron chi connectivity index (χ3n) is 5.82. The topological polar surface area (TPSA) is 123 Å². The lowest BCUT2D eigenvalue weighted by molar-refractivity contribution is 0.0961. The van der Waals surface area contributed by atoms with E-state index < -0.39 is 5.91 Å². The molecule has 0 saturated heterocycles. The van der Waals surface area contributed by atoms with Gasteiger partial charge in [-0.3, -0.25) is 14.6 Å². The summed E-state index contributed by atoms with van der Waals surface area (Å²) in [5.74, 6) is 0.0597. The minimum Gasteiger partial charge on any atom is -0.368 e. The summed E-state index contributed by atoms with van der Waals surface area (Å²) in [6.45, 7) is 0.641. The lowest BCUT2D eigenvalue weighted by atomic mass is 9.66. The van der Waals surface area contributed by atoms with Gasteiger partial charge < -0.3 is 16.4 Å². The molecule has 4 N–H and O–H groups in total. The number of benzene rings is 1. The first-order valence-electron chi connectivity index (χ1n) is 10.2. The van der Waals surface area contributed by atoms with Crippen LogP contribution in [0.1, 0.15) is 45.7 Å². The average molecular weight is 416 g/mol. The molecular weight excluding hydrogens is 392 g/mol. The number of hydrogen-bond acceptors (Lipinski definition) is 6. The molecule has 2 heterocycles. The Morgan fingerprint density at radius 2 is 1.90 bits per heavy atom. The maximum Gasteiger partial charge on any atom is 0.251 e. The van der Waals surface area contributed by atoms with Crippen molar-refractivity contribution in [3.63, 3.8) is 0 Å². The molecule has 0 radical (unpaired) electrons. The number of aromatic nitrogens is 3. The van der Waals surface area contributed by atoms with Gasteiger partial charge in [-0.25, -0.2) is 0 Å². The number of pyridine rings is 1. The van der Waals surface area contributed by atoms with Crippen LogP contribution in [0.2, 0.25) is 0 Å². The third-order valence-corrected chi connectivity index (χ3v) is 5.82. The second-order valence-corrected chi connectivity index (χ2v) is 7.75. The molecule has 0 atom stereocenters. The molecule has 8 heteroatoms. The molecule has 31 heavy (non-hydrogen) atoms. The highest BCUT2D eigenvalue weighted by Crippen LogP contribution is 2.43. The fourth-order valence-corrected chi connectivity index (χ4v) is 3.81. The molecule has 0 aliphatic heterocycles. The molecule has 1 aliphatic rings. The van der Waals surface area contributed by atoms with Crippen LogP contribution in [0, 0.1) is 0 Å². The van der Waals surface area contributed by atoms with Crippen molar-refractivity contribution in [2.45, 2.75) is 24.7 Å². The lowest BCUT2D eigenvalue weighted by Gasteiger charge is -2.41. The molecular formula is C23H24N6O2. The smallest absolute Gasteiger partial charge is 0.251 e. The summed E-state index contributed by atoms with van der Waals surface area (Å²) in [7, 11) is 1.60. The van der Waals surface area contributed by atoms with Gasteiger partial charge in [0.25, 0.3) is 5.91 Å². The van der Waals surface area contributed by atoms with E-state index in [1.54, 1.807) is 37.5 Å². The number of rotatable bonds is 7. The molecule has 1 aromatic carbocycles. The lowest BCUT2D eigenvalue weighted by Crippen LogP contribution is -2.42. The Morgan fingerprint density at radius 3 is 2.55 bits per heavy atom. The van der Waals surface area contributed by atoms with E-state index in [9.17, 15) is 9.59 Å². The number of primary amides is 1. The average Bonchev–Trinajstić information content (AvgIpc) is 2.78. The maximum atomic E-state index is 11.9. The van der Waals surface area contributed by atoms with Crippen LogP contribution in [0.25, 0.3) is 11.3 Å². The molecule has 158 valence electrons. The Bertz CT molecular complexity index is 1110. The summed E-state index contributed by atoms with van der Waals surface area (Å²) in [4.78, 5) is 27.9.